The maximum absolute atomic E-state index is 2.60. The number of nitrogens with zero attached hydrogens (tertiary/aromatic N) is 4. The molecule has 2 aliphatic heterocycles. The van der Waals surface area contributed by atoms with Crippen LogP contribution in [-0.4, -0.2) is 99.1 Å². The van der Waals surface area contributed by atoms with Crippen LogP contribution in [0.2, 0.25) is 0 Å². The van der Waals surface area contributed by atoms with E-state index >= 15 is 0 Å². The van der Waals surface area contributed by atoms with Gasteiger partial charge in [-0.25, -0.2) is 0 Å². The van der Waals surface area contributed by atoms with E-state index in [4.69, 9.17) is 0 Å². The van der Waals surface area contributed by atoms with Crippen LogP contribution < -0.4 is 0 Å². The van der Waals surface area contributed by atoms with Crippen LogP contribution in [0.15, 0.2) is 12.2 Å². The van der Waals surface area contributed by atoms with Gasteiger partial charge in [0.05, 0.1) is 0 Å². The molecule has 0 saturated carbocycles. The standard InChI is InChI=1S/C18H36N4/c1-19(2)17-9-7-13-21(15-17)11-5-6-12-22-14-8-10-18(16-22)20(3)4/h5-6,17-18H,7-16H2,1-4H3/b6-5+. The van der Waals surface area contributed by atoms with Crippen LogP contribution in [0.5, 0.6) is 0 Å². The average molecular weight is 309 g/mol. The maximum Gasteiger partial charge on any atom is 0.0217 e. The van der Waals surface area contributed by atoms with Crippen LogP contribution >= 0.6 is 0 Å². The largest absolute Gasteiger partial charge is 0.305 e. The second kappa shape index (κ2) is 9.02. The van der Waals surface area contributed by atoms with Gasteiger partial charge in [-0.2, -0.15) is 0 Å². The van der Waals surface area contributed by atoms with Crippen molar-refractivity contribution in [3.8, 4) is 0 Å². The Hall–Kier alpha value is -0.420. The molecule has 2 rings (SSSR count). The lowest BCUT2D eigenvalue weighted by atomic mass is 10.0. The fourth-order valence-corrected chi connectivity index (χ4v) is 3.68. The quantitative estimate of drug-likeness (QED) is 0.691. The first-order chi connectivity index (χ1) is 10.6. The molecule has 0 aromatic heterocycles. The molecule has 0 aromatic rings. The highest BCUT2D eigenvalue weighted by atomic mass is 15.2. The lowest BCUT2D eigenvalue weighted by Gasteiger charge is -2.36. The van der Waals surface area contributed by atoms with E-state index in [-0.39, 0.29) is 0 Å². The second-order valence-electron chi connectivity index (χ2n) is 7.51. The van der Waals surface area contributed by atoms with Gasteiger partial charge in [-0.15, -0.1) is 0 Å². The van der Waals surface area contributed by atoms with Crippen LogP contribution in [0.1, 0.15) is 25.7 Å². The minimum absolute atomic E-state index is 0.741. The van der Waals surface area contributed by atoms with Crippen LogP contribution in [0.3, 0.4) is 0 Å². The summed E-state index contributed by atoms with van der Waals surface area (Å²) in [5, 5.41) is 0. The number of rotatable bonds is 6. The van der Waals surface area contributed by atoms with Crippen molar-refractivity contribution in [2.45, 2.75) is 37.8 Å². The molecule has 2 fully saturated rings. The average Bonchev–Trinajstić information content (AvgIpc) is 2.52. The summed E-state index contributed by atoms with van der Waals surface area (Å²) in [6.07, 6.45) is 10.2. The van der Waals surface area contributed by atoms with Crippen molar-refractivity contribution in [3.63, 3.8) is 0 Å². The van der Waals surface area contributed by atoms with Gasteiger partial charge in [0.1, 0.15) is 0 Å². The number of hydrogen-bond donors (Lipinski definition) is 0. The van der Waals surface area contributed by atoms with Crippen LogP contribution in [0.25, 0.3) is 0 Å². The summed E-state index contributed by atoms with van der Waals surface area (Å²) in [4.78, 5) is 9.96. The molecule has 0 radical (unpaired) electrons. The number of piperidine rings is 2. The molecule has 0 spiro atoms. The molecular weight excluding hydrogens is 272 g/mol. The predicted octanol–water partition coefficient (Wildman–Crippen LogP) is 1.59. The lowest BCUT2D eigenvalue weighted by molar-refractivity contribution is 0.141. The van der Waals surface area contributed by atoms with Crippen molar-refractivity contribution < 1.29 is 0 Å². The summed E-state index contributed by atoms with van der Waals surface area (Å²) >= 11 is 0. The Morgan fingerprint density at radius 3 is 1.55 bits per heavy atom. The Morgan fingerprint density at radius 1 is 0.773 bits per heavy atom. The van der Waals surface area contributed by atoms with Crippen LogP contribution in [-0.2, 0) is 0 Å². The highest BCUT2D eigenvalue weighted by Gasteiger charge is 2.21. The predicted molar refractivity (Wildman–Crippen MR) is 95.4 cm³/mol. The van der Waals surface area contributed by atoms with Gasteiger partial charge in [-0.05, 0) is 67.0 Å². The first-order valence-electron chi connectivity index (χ1n) is 8.99. The topological polar surface area (TPSA) is 13.0 Å². The Bertz CT molecular complexity index is 308. The maximum atomic E-state index is 2.60. The molecule has 2 saturated heterocycles. The zero-order valence-corrected chi connectivity index (χ0v) is 15.2. The molecule has 0 aromatic carbocycles. The summed E-state index contributed by atoms with van der Waals surface area (Å²) in [5.74, 6) is 0. The molecular formula is C18H36N4. The van der Waals surface area contributed by atoms with Crippen molar-refractivity contribution >= 4 is 0 Å². The normalized spacial score (nSPS) is 29.0. The summed E-state index contributed by atoms with van der Waals surface area (Å²) in [5.41, 5.74) is 0. The van der Waals surface area contributed by atoms with Gasteiger partial charge in [0.15, 0.2) is 0 Å². The van der Waals surface area contributed by atoms with E-state index in [0.29, 0.717) is 0 Å². The van der Waals surface area contributed by atoms with Crippen molar-refractivity contribution in [3.05, 3.63) is 12.2 Å². The van der Waals surface area contributed by atoms with Crippen molar-refractivity contribution in [2.24, 2.45) is 0 Å². The third-order valence-corrected chi connectivity index (χ3v) is 5.32. The zero-order chi connectivity index (χ0) is 15.9. The molecule has 2 unspecified atom stereocenters. The molecule has 22 heavy (non-hydrogen) atoms. The highest BCUT2D eigenvalue weighted by Crippen LogP contribution is 2.14. The van der Waals surface area contributed by atoms with E-state index < -0.39 is 0 Å². The fourth-order valence-electron chi connectivity index (χ4n) is 3.68. The van der Waals surface area contributed by atoms with Gasteiger partial charge >= 0.3 is 0 Å². The lowest BCUT2D eigenvalue weighted by Crippen LogP contribution is -2.45. The molecule has 128 valence electrons. The van der Waals surface area contributed by atoms with Gasteiger partial charge in [-0.1, -0.05) is 12.2 Å². The van der Waals surface area contributed by atoms with E-state index in [1.807, 2.05) is 0 Å². The summed E-state index contributed by atoms with van der Waals surface area (Å²) in [7, 11) is 8.84. The molecule has 4 heteroatoms. The van der Waals surface area contributed by atoms with E-state index in [2.05, 4.69) is 59.9 Å². The second-order valence-corrected chi connectivity index (χ2v) is 7.51. The number of hydrogen-bond acceptors (Lipinski definition) is 4. The number of likely N-dealkylation sites (tertiary alicyclic amines) is 2. The van der Waals surface area contributed by atoms with E-state index in [1.165, 1.54) is 51.9 Å². The van der Waals surface area contributed by atoms with Crippen molar-refractivity contribution in [1.29, 1.82) is 0 Å². The third kappa shape index (κ3) is 5.65. The smallest absolute Gasteiger partial charge is 0.0217 e. The van der Waals surface area contributed by atoms with E-state index in [0.717, 1.165) is 25.2 Å². The van der Waals surface area contributed by atoms with Crippen molar-refractivity contribution in [2.75, 3.05) is 67.5 Å². The van der Waals surface area contributed by atoms with Gasteiger partial charge < -0.3 is 9.80 Å². The molecule has 2 aliphatic rings. The summed E-state index contributed by atoms with van der Waals surface area (Å²) < 4.78 is 0. The first-order valence-corrected chi connectivity index (χ1v) is 8.99. The number of likely N-dealkylation sites (N-methyl/N-ethyl adjacent to an activating group) is 2. The monoisotopic (exact) mass is 308 g/mol. The SMILES string of the molecule is CN(C)C1CCCN(C/C=C/CN2CCCC(N(C)C)C2)C1. The van der Waals surface area contributed by atoms with Crippen LogP contribution in [0.4, 0.5) is 0 Å². The minimum Gasteiger partial charge on any atom is -0.305 e. The highest BCUT2D eigenvalue weighted by molar-refractivity contribution is 4.91. The molecule has 2 atom stereocenters. The van der Waals surface area contributed by atoms with E-state index in [9.17, 15) is 0 Å². The van der Waals surface area contributed by atoms with Crippen molar-refractivity contribution in [1.82, 2.24) is 19.6 Å². The summed E-state index contributed by atoms with van der Waals surface area (Å²) in [6, 6.07) is 1.48. The van der Waals surface area contributed by atoms with E-state index in [1.54, 1.807) is 0 Å². The van der Waals surface area contributed by atoms with Gasteiger partial charge in [0, 0.05) is 38.3 Å². The Morgan fingerprint density at radius 2 is 1.18 bits per heavy atom. The zero-order valence-electron chi connectivity index (χ0n) is 15.2. The fraction of sp³-hybridized carbons (Fsp3) is 0.889. The Kier molecular flexibility index (Phi) is 7.35. The molecule has 4 nitrogen and oxygen atoms in total. The Labute approximate surface area is 137 Å². The van der Waals surface area contributed by atoms with Crippen LogP contribution in [0, 0.1) is 0 Å². The Balaban J connectivity index is 1.67. The van der Waals surface area contributed by atoms with Gasteiger partial charge in [0.2, 0.25) is 0 Å². The molecule has 0 N–H and O–H groups in total. The first kappa shape index (κ1) is 17.9. The molecule has 0 aliphatic carbocycles. The van der Waals surface area contributed by atoms with Gasteiger partial charge in [0.25, 0.3) is 0 Å². The minimum atomic E-state index is 0.741. The molecule has 0 bridgehead atoms. The molecule has 0 amide bonds. The third-order valence-electron chi connectivity index (χ3n) is 5.32. The molecule has 2 heterocycles. The van der Waals surface area contributed by atoms with Gasteiger partial charge in [-0.3, -0.25) is 9.80 Å². The summed E-state index contributed by atoms with van der Waals surface area (Å²) in [6.45, 7) is 7.22.